The topological polar surface area (TPSA) is 89.4 Å². The zero-order chi connectivity index (χ0) is 18.1. The first-order valence-corrected chi connectivity index (χ1v) is 8.68. The van der Waals surface area contributed by atoms with Gasteiger partial charge in [-0.15, -0.1) is 0 Å². The lowest BCUT2D eigenvalue weighted by molar-refractivity contribution is -0.138. The standard InChI is InChI=1S/C18H21N5O3/c1-19-17(25)18-4-7-26-11-14(18)10-22(12-18)16(24)13-8-21-23(9-13)15-2-5-20-6-3-15/h2-3,5-6,8-9,14H,4,7,10-12H2,1H3,(H,19,25)/t14-,18+/m1/s1. The maximum Gasteiger partial charge on any atom is 0.257 e. The minimum atomic E-state index is -0.552. The Balaban J connectivity index is 1.56. The number of nitrogens with zero attached hydrogens (tertiary/aromatic N) is 4. The molecule has 0 aliphatic carbocycles. The number of likely N-dealkylation sites (tertiary alicyclic amines) is 1. The normalized spacial score (nSPS) is 25.0. The van der Waals surface area contributed by atoms with Gasteiger partial charge in [-0.2, -0.15) is 5.10 Å². The number of hydrogen-bond donors (Lipinski definition) is 1. The predicted octanol–water partition coefficient (Wildman–Crippen LogP) is 0.492. The lowest BCUT2D eigenvalue weighted by atomic mass is 9.73. The van der Waals surface area contributed by atoms with E-state index >= 15 is 0 Å². The van der Waals surface area contributed by atoms with E-state index in [1.54, 1.807) is 41.4 Å². The van der Waals surface area contributed by atoms with Gasteiger partial charge in [0.2, 0.25) is 5.91 Å². The number of aromatic nitrogens is 3. The van der Waals surface area contributed by atoms with Crippen molar-refractivity contribution in [2.45, 2.75) is 6.42 Å². The largest absolute Gasteiger partial charge is 0.381 e. The molecular weight excluding hydrogens is 334 g/mol. The van der Waals surface area contributed by atoms with Crippen molar-refractivity contribution in [3.63, 3.8) is 0 Å². The van der Waals surface area contributed by atoms with Crippen LogP contribution in [0.25, 0.3) is 5.69 Å². The Morgan fingerprint density at radius 2 is 2.15 bits per heavy atom. The maximum atomic E-state index is 13.0. The zero-order valence-electron chi connectivity index (χ0n) is 14.6. The zero-order valence-corrected chi connectivity index (χ0v) is 14.6. The average molecular weight is 355 g/mol. The molecule has 0 bridgehead atoms. The molecule has 2 fully saturated rings. The molecule has 26 heavy (non-hydrogen) atoms. The molecule has 2 amide bonds. The van der Waals surface area contributed by atoms with Gasteiger partial charge in [-0.1, -0.05) is 0 Å². The van der Waals surface area contributed by atoms with Crippen LogP contribution in [0.15, 0.2) is 36.9 Å². The van der Waals surface area contributed by atoms with E-state index in [1.165, 1.54) is 0 Å². The summed E-state index contributed by atoms with van der Waals surface area (Å²) in [5, 5.41) is 7.04. The molecule has 2 aromatic heterocycles. The molecule has 0 saturated carbocycles. The molecule has 0 radical (unpaired) electrons. The van der Waals surface area contributed by atoms with Crippen molar-refractivity contribution in [2.75, 3.05) is 33.4 Å². The van der Waals surface area contributed by atoms with Gasteiger partial charge in [0.1, 0.15) is 0 Å². The third kappa shape index (κ3) is 2.66. The monoisotopic (exact) mass is 355 g/mol. The van der Waals surface area contributed by atoms with Crippen LogP contribution in [-0.4, -0.2) is 64.8 Å². The summed E-state index contributed by atoms with van der Waals surface area (Å²) in [6, 6.07) is 3.65. The summed E-state index contributed by atoms with van der Waals surface area (Å²) >= 11 is 0. The van der Waals surface area contributed by atoms with Crippen molar-refractivity contribution in [2.24, 2.45) is 11.3 Å². The molecule has 4 rings (SSSR count). The van der Waals surface area contributed by atoms with E-state index in [2.05, 4.69) is 15.4 Å². The Hall–Kier alpha value is -2.74. The fourth-order valence-electron chi connectivity index (χ4n) is 3.98. The maximum absolute atomic E-state index is 13.0. The van der Waals surface area contributed by atoms with Gasteiger partial charge in [0.05, 0.1) is 29.5 Å². The Labute approximate surface area is 151 Å². The molecule has 2 atom stereocenters. The Morgan fingerprint density at radius 3 is 2.92 bits per heavy atom. The Morgan fingerprint density at radius 1 is 1.35 bits per heavy atom. The SMILES string of the molecule is CNC(=O)[C@]12CCOC[C@H]1CN(C(=O)c1cnn(-c3ccncc3)c1)C2. The summed E-state index contributed by atoms with van der Waals surface area (Å²) in [5.74, 6) is -0.0908. The van der Waals surface area contributed by atoms with Gasteiger partial charge in [-0.05, 0) is 18.6 Å². The van der Waals surface area contributed by atoms with Crippen LogP contribution in [0.2, 0.25) is 0 Å². The van der Waals surface area contributed by atoms with Crippen molar-refractivity contribution >= 4 is 11.8 Å². The first kappa shape index (κ1) is 16.7. The predicted molar refractivity (Wildman–Crippen MR) is 92.7 cm³/mol. The fraction of sp³-hybridized carbons (Fsp3) is 0.444. The molecule has 0 aromatic carbocycles. The molecule has 8 heteroatoms. The van der Waals surface area contributed by atoms with Crippen LogP contribution in [-0.2, 0) is 9.53 Å². The molecular formula is C18H21N5O3. The number of carbonyl (C=O) groups excluding carboxylic acids is 2. The Kier molecular flexibility index (Phi) is 4.20. The number of pyridine rings is 1. The summed E-state index contributed by atoms with van der Waals surface area (Å²) in [5.41, 5.74) is 0.793. The number of fused-ring (bicyclic) bond motifs is 1. The molecule has 4 heterocycles. The van der Waals surface area contributed by atoms with E-state index in [1.807, 2.05) is 12.1 Å². The Bertz CT molecular complexity index is 821. The second-order valence-electron chi connectivity index (χ2n) is 6.82. The third-order valence-corrected chi connectivity index (χ3v) is 5.43. The van der Waals surface area contributed by atoms with Crippen molar-refractivity contribution in [3.05, 3.63) is 42.5 Å². The van der Waals surface area contributed by atoms with Crippen molar-refractivity contribution in [3.8, 4) is 5.69 Å². The van der Waals surface area contributed by atoms with E-state index < -0.39 is 5.41 Å². The van der Waals surface area contributed by atoms with Crippen LogP contribution in [0.1, 0.15) is 16.8 Å². The number of nitrogens with one attached hydrogen (secondary N) is 1. The number of rotatable bonds is 3. The molecule has 136 valence electrons. The molecule has 2 aromatic rings. The highest BCUT2D eigenvalue weighted by molar-refractivity contribution is 5.95. The van der Waals surface area contributed by atoms with E-state index in [4.69, 9.17) is 4.74 Å². The van der Waals surface area contributed by atoms with Gasteiger partial charge in [-0.3, -0.25) is 14.6 Å². The summed E-state index contributed by atoms with van der Waals surface area (Å²) in [4.78, 5) is 31.2. The minimum Gasteiger partial charge on any atom is -0.381 e. The number of amides is 2. The van der Waals surface area contributed by atoms with E-state index in [0.717, 1.165) is 5.69 Å². The number of hydrogen-bond acceptors (Lipinski definition) is 5. The smallest absolute Gasteiger partial charge is 0.257 e. The van der Waals surface area contributed by atoms with Gasteiger partial charge >= 0.3 is 0 Å². The summed E-state index contributed by atoms with van der Waals surface area (Å²) in [6.07, 6.45) is 7.27. The summed E-state index contributed by atoms with van der Waals surface area (Å²) in [6.45, 7) is 1.99. The molecule has 0 spiro atoms. The average Bonchev–Trinajstić information content (AvgIpc) is 3.33. The van der Waals surface area contributed by atoms with Gasteiger partial charge < -0.3 is 15.0 Å². The van der Waals surface area contributed by atoms with Gasteiger partial charge in [-0.25, -0.2) is 4.68 Å². The van der Waals surface area contributed by atoms with Crippen LogP contribution >= 0.6 is 0 Å². The molecule has 0 unspecified atom stereocenters. The van der Waals surface area contributed by atoms with Crippen LogP contribution in [0.4, 0.5) is 0 Å². The van der Waals surface area contributed by atoms with Crippen molar-refractivity contribution in [1.29, 1.82) is 0 Å². The second-order valence-corrected chi connectivity index (χ2v) is 6.82. The first-order valence-electron chi connectivity index (χ1n) is 8.68. The summed E-state index contributed by atoms with van der Waals surface area (Å²) in [7, 11) is 1.65. The molecule has 2 aliphatic rings. The third-order valence-electron chi connectivity index (χ3n) is 5.43. The van der Waals surface area contributed by atoms with Crippen LogP contribution < -0.4 is 5.32 Å². The highest BCUT2D eigenvalue weighted by atomic mass is 16.5. The molecule has 2 saturated heterocycles. The summed E-state index contributed by atoms with van der Waals surface area (Å²) < 4.78 is 7.21. The lowest BCUT2D eigenvalue weighted by Crippen LogP contribution is -2.49. The highest BCUT2D eigenvalue weighted by Crippen LogP contribution is 2.42. The quantitative estimate of drug-likeness (QED) is 0.866. The molecule has 1 N–H and O–H groups in total. The van der Waals surface area contributed by atoms with Crippen molar-refractivity contribution < 1.29 is 14.3 Å². The van der Waals surface area contributed by atoms with Gasteiger partial charge in [0.25, 0.3) is 5.91 Å². The van der Waals surface area contributed by atoms with Crippen molar-refractivity contribution in [1.82, 2.24) is 25.0 Å². The van der Waals surface area contributed by atoms with E-state index in [0.29, 0.717) is 38.3 Å². The van der Waals surface area contributed by atoms with E-state index in [-0.39, 0.29) is 17.7 Å². The highest BCUT2D eigenvalue weighted by Gasteiger charge is 2.54. The first-order chi connectivity index (χ1) is 12.6. The second kappa shape index (κ2) is 6.53. The molecule has 8 nitrogen and oxygen atoms in total. The number of ether oxygens (including phenoxy) is 1. The number of carbonyl (C=O) groups is 2. The van der Waals surface area contributed by atoms with E-state index in [9.17, 15) is 9.59 Å². The minimum absolute atomic E-state index is 0.00594. The van der Waals surface area contributed by atoms with Gasteiger partial charge in [0, 0.05) is 51.3 Å². The fourth-order valence-corrected chi connectivity index (χ4v) is 3.98. The van der Waals surface area contributed by atoms with Crippen LogP contribution in [0, 0.1) is 11.3 Å². The van der Waals surface area contributed by atoms with Crippen LogP contribution in [0.5, 0.6) is 0 Å². The van der Waals surface area contributed by atoms with Gasteiger partial charge in [0.15, 0.2) is 0 Å². The lowest BCUT2D eigenvalue weighted by Gasteiger charge is -2.36. The van der Waals surface area contributed by atoms with Crippen LogP contribution in [0.3, 0.4) is 0 Å². The molecule has 2 aliphatic heterocycles.